The van der Waals surface area contributed by atoms with Crippen LogP contribution in [0.3, 0.4) is 0 Å². The minimum Gasteiger partial charge on any atom is -0.492 e. The van der Waals surface area contributed by atoms with Crippen LogP contribution in [0.2, 0.25) is 5.02 Å². The van der Waals surface area contributed by atoms with Crippen LogP contribution < -0.4 is 10.1 Å². The first-order valence-electron chi connectivity index (χ1n) is 6.91. The molecule has 1 atom stereocenters. The van der Waals surface area contributed by atoms with Crippen molar-refractivity contribution in [1.29, 1.82) is 0 Å². The molecule has 0 aromatic heterocycles. The van der Waals surface area contributed by atoms with Gasteiger partial charge in [0.2, 0.25) is 5.91 Å². The molecule has 1 aliphatic rings. The minimum absolute atomic E-state index is 0.0599. The lowest BCUT2D eigenvalue weighted by atomic mass is 9.96. The summed E-state index contributed by atoms with van der Waals surface area (Å²) in [6, 6.07) is 13.4. The van der Waals surface area contributed by atoms with E-state index in [4.69, 9.17) is 16.3 Å². The van der Waals surface area contributed by atoms with Gasteiger partial charge in [0.1, 0.15) is 12.4 Å². The molecule has 21 heavy (non-hydrogen) atoms. The second-order valence-corrected chi connectivity index (χ2v) is 5.70. The SMILES string of the molecule is Cc1ccc(NC(=O)[C@H]2COc3ccccc3C2)c(Cl)c1. The van der Waals surface area contributed by atoms with Crippen molar-refractivity contribution in [3.05, 3.63) is 58.6 Å². The van der Waals surface area contributed by atoms with Crippen LogP contribution in [0.1, 0.15) is 11.1 Å². The number of hydrogen-bond donors (Lipinski definition) is 1. The zero-order valence-electron chi connectivity index (χ0n) is 11.7. The predicted molar refractivity (Wildman–Crippen MR) is 83.9 cm³/mol. The molecule has 0 bridgehead atoms. The number of nitrogens with one attached hydrogen (secondary N) is 1. The maximum atomic E-state index is 12.4. The molecule has 0 unspecified atom stereocenters. The largest absolute Gasteiger partial charge is 0.492 e. The highest BCUT2D eigenvalue weighted by molar-refractivity contribution is 6.33. The maximum absolute atomic E-state index is 12.4. The summed E-state index contributed by atoms with van der Waals surface area (Å²) in [5.74, 6) is 0.613. The Bertz CT molecular complexity index is 684. The zero-order valence-corrected chi connectivity index (χ0v) is 12.5. The average Bonchev–Trinajstić information content (AvgIpc) is 2.49. The lowest BCUT2D eigenvalue weighted by molar-refractivity contribution is -0.121. The Morgan fingerprint density at radius 3 is 2.90 bits per heavy atom. The van der Waals surface area contributed by atoms with E-state index in [1.54, 1.807) is 0 Å². The standard InChI is InChI=1S/C17H16ClNO2/c1-11-6-7-15(14(18)8-11)19-17(20)13-9-12-4-2-3-5-16(12)21-10-13/h2-8,13H,9-10H2,1H3,(H,19,20)/t13-/m1/s1. The highest BCUT2D eigenvalue weighted by Crippen LogP contribution is 2.28. The quantitative estimate of drug-likeness (QED) is 0.915. The lowest BCUT2D eigenvalue weighted by Crippen LogP contribution is -2.32. The Kier molecular flexibility index (Phi) is 3.84. The molecule has 0 saturated heterocycles. The second-order valence-electron chi connectivity index (χ2n) is 5.29. The van der Waals surface area contributed by atoms with Crippen molar-refractivity contribution in [1.82, 2.24) is 0 Å². The summed E-state index contributed by atoms with van der Waals surface area (Å²) in [6.45, 7) is 2.36. The normalized spacial score (nSPS) is 16.8. The number of hydrogen-bond acceptors (Lipinski definition) is 2. The van der Waals surface area contributed by atoms with Crippen LogP contribution in [0.5, 0.6) is 5.75 Å². The van der Waals surface area contributed by atoms with Crippen molar-refractivity contribution in [2.75, 3.05) is 11.9 Å². The molecule has 1 heterocycles. The van der Waals surface area contributed by atoms with Gasteiger partial charge in [0, 0.05) is 0 Å². The van der Waals surface area contributed by atoms with Crippen LogP contribution in [0.25, 0.3) is 0 Å². The van der Waals surface area contributed by atoms with E-state index in [1.807, 2.05) is 49.4 Å². The van der Waals surface area contributed by atoms with Crippen molar-refractivity contribution < 1.29 is 9.53 Å². The fraction of sp³-hybridized carbons (Fsp3) is 0.235. The molecule has 1 aliphatic heterocycles. The summed E-state index contributed by atoms with van der Waals surface area (Å²) >= 11 is 6.15. The number of fused-ring (bicyclic) bond motifs is 1. The molecule has 2 aromatic carbocycles. The first-order valence-corrected chi connectivity index (χ1v) is 7.29. The molecular formula is C17H16ClNO2. The van der Waals surface area contributed by atoms with Gasteiger partial charge in [-0.3, -0.25) is 4.79 Å². The van der Waals surface area contributed by atoms with Gasteiger partial charge in [-0.1, -0.05) is 35.9 Å². The van der Waals surface area contributed by atoms with Crippen molar-refractivity contribution in [2.45, 2.75) is 13.3 Å². The molecular weight excluding hydrogens is 286 g/mol. The van der Waals surface area contributed by atoms with Crippen LogP contribution in [0, 0.1) is 12.8 Å². The number of benzene rings is 2. The van der Waals surface area contributed by atoms with Crippen molar-refractivity contribution >= 4 is 23.2 Å². The Balaban J connectivity index is 1.72. The van der Waals surface area contributed by atoms with Gasteiger partial charge in [0.05, 0.1) is 16.6 Å². The number of carbonyl (C=O) groups is 1. The third kappa shape index (κ3) is 3.03. The van der Waals surface area contributed by atoms with Gasteiger partial charge < -0.3 is 10.1 Å². The maximum Gasteiger partial charge on any atom is 0.231 e. The Labute approximate surface area is 128 Å². The number of rotatable bonds is 2. The highest BCUT2D eigenvalue weighted by atomic mass is 35.5. The topological polar surface area (TPSA) is 38.3 Å². The molecule has 3 nitrogen and oxygen atoms in total. The Morgan fingerprint density at radius 2 is 2.10 bits per heavy atom. The molecule has 0 spiro atoms. The Morgan fingerprint density at radius 1 is 1.29 bits per heavy atom. The fourth-order valence-corrected chi connectivity index (χ4v) is 2.74. The molecule has 0 aliphatic carbocycles. The van der Waals surface area contributed by atoms with Crippen molar-refractivity contribution in [2.24, 2.45) is 5.92 Å². The van der Waals surface area contributed by atoms with E-state index >= 15 is 0 Å². The van der Waals surface area contributed by atoms with Crippen LogP contribution >= 0.6 is 11.6 Å². The number of amides is 1. The zero-order chi connectivity index (χ0) is 14.8. The fourth-order valence-electron chi connectivity index (χ4n) is 2.45. The average molecular weight is 302 g/mol. The second kappa shape index (κ2) is 5.78. The van der Waals surface area contributed by atoms with Gasteiger partial charge >= 0.3 is 0 Å². The van der Waals surface area contributed by atoms with E-state index in [2.05, 4.69) is 5.32 Å². The summed E-state index contributed by atoms with van der Waals surface area (Å²) in [5.41, 5.74) is 2.78. The van der Waals surface area contributed by atoms with Crippen LogP contribution in [-0.4, -0.2) is 12.5 Å². The van der Waals surface area contributed by atoms with Crippen molar-refractivity contribution in [3.63, 3.8) is 0 Å². The van der Waals surface area contributed by atoms with Crippen LogP contribution in [0.15, 0.2) is 42.5 Å². The number of carbonyl (C=O) groups excluding carboxylic acids is 1. The lowest BCUT2D eigenvalue weighted by Gasteiger charge is -2.24. The first kappa shape index (κ1) is 14.0. The predicted octanol–water partition coefficient (Wildman–Crippen LogP) is 3.84. The van der Waals surface area contributed by atoms with E-state index in [0.717, 1.165) is 16.9 Å². The van der Waals surface area contributed by atoms with Gasteiger partial charge in [0.15, 0.2) is 0 Å². The number of para-hydroxylation sites is 1. The highest BCUT2D eigenvalue weighted by Gasteiger charge is 2.26. The van der Waals surface area contributed by atoms with E-state index in [-0.39, 0.29) is 11.8 Å². The molecule has 4 heteroatoms. The van der Waals surface area contributed by atoms with Gasteiger partial charge in [-0.2, -0.15) is 0 Å². The summed E-state index contributed by atoms with van der Waals surface area (Å²) in [7, 11) is 0. The van der Waals surface area contributed by atoms with Gasteiger partial charge in [-0.05, 0) is 42.7 Å². The summed E-state index contributed by atoms with van der Waals surface area (Å²) < 4.78 is 5.65. The number of ether oxygens (including phenoxy) is 1. The minimum atomic E-state index is -0.197. The smallest absolute Gasteiger partial charge is 0.231 e. The third-order valence-electron chi connectivity index (χ3n) is 3.63. The summed E-state index contributed by atoms with van der Waals surface area (Å²) in [4.78, 5) is 12.4. The monoisotopic (exact) mass is 301 g/mol. The number of anilines is 1. The van der Waals surface area contributed by atoms with Crippen molar-refractivity contribution in [3.8, 4) is 5.75 Å². The Hall–Kier alpha value is -2.00. The van der Waals surface area contributed by atoms with E-state index < -0.39 is 0 Å². The molecule has 1 N–H and O–H groups in total. The molecule has 0 fully saturated rings. The molecule has 108 valence electrons. The number of aryl methyl sites for hydroxylation is 1. The first-order chi connectivity index (χ1) is 10.1. The summed E-state index contributed by atoms with van der Waals surface area (Å²) in [5, 5.41) is 3.44. The van der Waals surface area contributed by atoms with Crippen LogP contribution in [0.4, 0.5) is 5.69 Å². The van der Waals surface area contributed by atoms with Gasteiger partial charge in [-0.15, -0.1) is 0 Å². The third-order valence-corrected chi connectivity index (χ3v) is 3.94. The molecule has 0 radical (unpaired) electrons. The van der Waals surface area contributed by atoms with Gasteiger partial charge in [0.25, 0.3) is 0 Å². The molecule has 2 aromatic rings. The van der Waals surface area contributed by atoms with Crippen LogP contribution in [-0.2, 0) is 11.2 Å². The molecule has 1 amide bonds. The van der Waals surface area contributed by atoms with E-state index in [0.29, 0.717) is 23.7 Å². The number of halogens is 1. The van der Waals surface area contributed by atoms with Gasteiger partial charge in [-0.25, -0.2) is 0 Å². The molecule has 3 rings (SSSR count). The van der Waals surface area contributed by atoms with E-state index in [1.165, 1.54) is 0 Å². The summed E-state index contributed by atoms with van der Waals surface area (Å²) in [6.07, 6.45) is 0.686. The van der Waals surface area contributed by atoms with E-state index in [9.17, 15) is 4.79 Å². The molecule has 0 saturated carbocycles.